The largest absolute Gasteiger partial charge is 0.352 e. The predicted molar refractivity (Wildman–Crippen MR) is 122 cm³/mol. The zero-order valence-corrected chi connectivity index (χ0v) is 18.3. The molecule has 1 aliphatic heterocycles. The molecule has 1 aliphatic rings. The highest BCUT2D eigenvalue weighted by Gasteiger charge is 2.40. The van der Waals surface area contributed by atoms with Crippen LogP contribution in [0.1, 0.15) is 53.6 Å². The van der Waals surface area contributed by atoms with Gasteiger partial charge in [-0.05, 0) is 80.9 Å². The van der Waals surface area contributed by atoms with Gasteiger partial charge in [-0.2, -0.15) is 0 Å². The molecule has 4 rings (SSSR count). The molecule has 2 atom stereocenters. The van der Waals surface area contributed by atoms with E-state index in [4.69, 9.17) is 12.2 Å². The molecule has 0 radical (unpaired) electrons. The van der Waals surface area contributed by atoms with E-state index in [-0.39, 0.29) is 12.1 Å². The van der Waals surface area contributed by atoms with E-state index in [2.05, 4.69) is 83.9 Å². The number of benzene rings is 1. The standard InChI is InChI=1S/C24H28N4S/c1-5-13-27-23(22(26-24(27)29)21-11-6-7-12-25-21)20-15-17(3)28(18(20)4)19-10-8-9-16(2)14-19/h6-12,14-15,22-23H,5,13H2,1-4H3,(H,26,29). The van der Waals surface area contributed by atoms with Crippen molar-refractivity contribution >= 4 is 17.3 Å². The summed E-state index contributed by atoms with van der Waals surface area (Å²) in [6, 6.07) is 17.2. The molecule has 1 N–H and O–H groups in total. The number of rotatable bonds is 5. The van der Waals surface area contributed by atoms with Gasteiger partial charge in [0, 0.05) is 29.8 Å². The molecule has 2 aromatic heterocycles. The zero-order valence-electron chi connectivity index (χ0n) is 17.5. The summed E-state index contributed by atoms with van der Waals surface area (Å²) in [7, 11) is 0. The van der Waals surface area contributed by atoms with Crippen molar-refractivity contribution in [2.24, 2.45) is 0 Å². The van der Waals surface area contributed by atoms with Gasteiger partial charge >= 0.3 is 0 Å². The highest BCUT2D eigenvalue weighted by atomic mass is 32.1. The van der Waals surface area contributed by atoms with Crippen molar-refractivity contribution < 1.29 is 0 Å². The molecule has 2 unspecified atom stereocenters. The third kappa shape index (κ3) is 3.55. The van der Waals surface area contributed by atoms with Crippen molar-refractivity contribution in [3.8, 4) is 5.69 Å². The minimum atomic E-state index is 0.0432. The molecule has 29 heavy (non-hydrogen) atoms. The fourth-order valence-corrected chi connectivity index (χ4v) is 4.81. The first kappa shape index (κ1) is 19.6. The van der Waals surface area contributed by atoms with Crippen LogP contribution in [0.2, 0.25) is 0 Å². The molecule has 1 aromatic carbocycles. The Bertz CT molecular complexity index is 1020. The first-order valence-electron chi connectivity index (χ1n) is 10.2. The van der Waals surface area contributed by atoms with E-state index in [9.17, 15) is 0 Å². The van der Waals surface area contributed by atoms with Crippen LogP contribution in [-0.2, 0) is 0 Å². The Morgan fingerprint density at radius 1 is 1.07 bits per heavy atom. The Labute approximate surface area is 178 Å². The minimum absolute atomic E-state index is 0.0432. The Morgan fingerprint density at radius 3 is 2.59 bits per heavy atom. The lowest BCUT2D eigenvalue weighted by Gasteiger charge is -2.27. The van der Waals surface area contributed by atoms with Crippen LogP contribution in [0.15, 0.2) is 54.7 Å². The summed E-state index contributed by atoms with van der Waals surface area (Å²) in [5.41, 5.74) is 7.29. The molecule has 5 heteroatoms. The van der Waals surface area contributed by atoms with Gasteiger partial charge in [0.05, 0.1) is 17.8 Å². The third-order valence-corrected chi connectivity index (χ3v) is 6.06. The van der Waals surface area contributed by atoms with Crippen molar-refractivity contribution in [2.45, 2.75) is 46.2 Å². The van der Waals surface area contributed by atoms with Crippen molar-refractivity contribution in [1.29, 1.82) is 0 Å². The lowest BCUT2D eigenvalue weighted by Crippen LogP contribution is -2.30. The number of nitrogens with zero attached hydrogens (tertiary/aromatic N) is 3. The van der Waals surface area contributed by atoms with Gasteiger partial charge in [0.1, 0.15) is 0 Å². The molecular weight excluding hydrogens is 376 g/mol. The van der Waals surface area contributed by atoms with Crippen LogP contribution in [0.5, 0.6) is 0 Å². The van der Waals surface area contributed by atoms with Gasteiger partial charge in [0.25, 0.3) is 0 Å². The maximum absolute atomic E-state index is 5.73. The number of nitrogens with one attached hydrogen (secondary N) is 1. The van der Waals surface area contributed by atoms with E-state index < -0.39 is 0 Å². The number of hydrogen-bond donors (Lipinski definition) is 1. The van der Waals surface area contributed by atoms with Crippen LogP contribution < -0.4 is 5.32 Å². The molecule has 3 aromatic rings. The summed E-state index contributed by atoms with van der Waals surface area (Å²) in [4.78, 5) is 6.97. The Hall–Kier alpha value is -2.66. The molecule has 0 aliphatic carbocycles. The van der Waals surface area contributed by atoms with Crippen molar-refractivity contribution in [3.63, 3.8) is 0 Å². The molecule has 1 saturated heterocycles. The van der Waals surface area contributed by atoms with E-state index in [0.717, 1.165) is 23.8 Å². The van der Waals surface area contributed by atoms with Gasteiger partial charge in [-0.1, -0.05) is 25.1 Å². The first-order valence-corrected chi connectivity index (χ1v) is 10.7. The monoisotopic (exact) mass is 404 g/mol. The summed E-state index contributed by atoms with van der Waals surface area (Å²) < 4.78 is 2.35. The van der Waals surface area contributed by atoms with Gasteiger partial charge in [-0.25, -0.2) is 0 Å². The summed E-state index contributed by atoms with van der Waals surface area (Å²) in [6.07, 6.45) is 2.90. The van der Waals surface area contributed by atoms with E-state index >= 15 is 0 Å². The fourth-order valence-electron chi connectivity index (χ4n) is 4.48. The van der Waals surface area contributed by atoms with Gasteiger partial charge in [-0.3, -0.25) is 4.98 Å². The van der Waals surface area contributed by atoms with Crippen LogP contribution in [0.25, 0.3) is 5.69 Å². The van der Waals surface area contributed by atoms with Crippen LogP contribution in [-0.4, -0.2) is 26.1 Å². The van der Waals surface area contributed by atoms with Gasteiger partial charge in [-0.15, -0.1) is 0 Å². The maximum atomic E-state index is 5.73. The Balaban J connectivity index is 1.84. The third-order valence-electron chi connectivity index (χ3n) is 5.71. The molecule has 0 amide bonds. The fraction of sp³-hybridized carbons (Fsp3) is 0.333. The second-order valence-corrected chi connectivity index (χ2v) is 8.21. The summed E-state index contributed by atoms with van der Waals surface area (Å²) >= 11 is 5.73. The molecule has 0 bridgehead atoms. The maximum Gasteiger partial charge on any atom is 0.170 e. The van der Waals surface area contributed by atoms with Crippen molar-refractivity contribution in [2.75, 3.05) is 6.54 Å². The molecule has 1 fully saturated rings. The highest BCUT2D eigenvalue weighted by Crippen LogP contribution is 2.41. The van der Waals surface area contributed by atoms with E-state index in [1.54, 1.807) is 0 Å². The molecule has 3 heterocycles. The second-order valence-electron chi connectivity index (χ2n) is 7.82. The number of pyridine rings is 1. The Morgan fingerprint density at radius 2 is 1.90 bits per heavy atom. The number of aryl methyl sites for hydroxylation is 2. The zero-order chi connectivity index (χ0) is 20.5. The normalized spacial score (nSPS) is 18.9. The molecular formula is C24H28N4S. The molecule has 150 valence electrons. The number of thiocarbonyl (C=S) groups is 1. The molecule has 4 nitrogen and oxygen atoms in total. The van der Waals surface area contributed by atoms with Crippen LogP contribution in [0.4, 0.5) is 0 Å². The van der Waals surface area contributed by atoms with Crippen molar-refractivity contribution in [3.05, 3.63) is 82.9 Å². The van der Waals surface area contributed by atoms with Crippen LogP contribution in [0.3, 0.4) is 0 Å². The SMILES string of the molecule is CCCN1C(=S)NC(c2ccccn2)C1c1cc(C)n(-c2cccc(C)c2)c1C. The van der Waals surface area contributed by atoms with Crippen LogP contribution >= 0.6 is 12.2 Å². The Kier molecular flexibility index (Phi) is 5.41. The summed E-state index contributed by atoms with van der Waals surface area (Å²) in [6.45, 7) is 9.65. The summed E-state index contributed by atoms with van der Waals surface area (Å²) in [5.74, 6) is 0. The van der Waals surface area contributed by atoms with E-state index in [1.807, 2.05) is 18.3 Å². The number of hydrogen-bond acceptors (Lipinski definition) is 2. The van der Waals surface area contributed by atoms with Gasteiger partial charge in [0.15, 0.2) is 5.11 Å². The lowest BCUT2D eigenvalue weighted by atomic mass is 9.96. The topological polar surface area (TPSA) is 33.1 Å². The lowest BCUT2D eigenvalue weighted by molar-refractivity contribution is 0.316. The predicted octanol–water partition coefficient (Wildman–Crippen LogP) is 5.18. The van der Waals surface area contributed by atoms with Gasteiger partial charge < -0.3 is 14.8 Å². The van der Waals surface area contributed by atoms with E-state index in [1.165, 1.54) is 28.2 Å². The van der Waals surface area contributed by atoms with E-state index in [0.29, 0.717) is 0 Å². The van der Waals surface area contributed by atoms with Gasteiger partial charge in [0.2, 0.25) is 0 Å². The highest BCUT2D eigenvalue weighted by molar-refractivity contribution is 7.80. The smallest absolute Gasteiger partial charge is 0.170 e. The van der Waals surface area contributed by atoms with Crippen LogP contribution in [0, 0.1) is 20.8 Å². The quantitative estimate of drug-likeness (QED) is 0.594. The summed E-state index contributed by atoms with van der Waals surface area (Å²) in [5, 5.41) is 4.36. The first-order chi connectivity index (χ1) is 14.0. The molecule has 0 spiro atoms. The molecule has 0 saturated carbocycles. The second kappa shape index (κ2) is 7.99. The average Bonchev–Trinajstić information content (AvgIpc) is 3.18. The van der Waals surface area contributed by atoms with Crippen molar-refractivity contribution in [1.82, 2.24) is 19.8 Å². The minimum Gasteiger partial charge on any atom is -0.352 e. The number of aromatic nitrogens is 2. The average molecular weight is 405 g/mol.